The monoisotopic (exact) mass is 241 g/mol. The third-order valence-corrected chi connectivity index (χ3v) is 3.22. The van der Waals surface area contributed by atoms with Crippen LogP contribution in [0.2, 0.25) is 0 Å². The van der Waals surface area contributed by atoms with Gasteiger partial charge in [0, 0.05) is 11.0 Å². The third-order valence-electron chi connectivity index (χ3n) is 3.22. The van der Waals surface area contributed by atoms with Gasteiger partial charge in [0.1, 0.15) is 5.69 Å². The van der Waals surface area contributed by atoms with Crippen molar-refractivity contribution in [3.05, 3.63) is 29.8 Å². The average molecular weight is 242 g/mol. The Hall–Kier alpha value is -0.340. The number of rotatable bonds is 0. The van der Waals surface area contributed by atoms with Gasteiger partial charge >= 0.3 is 0 Å². The van der Waals surface area contributed by atoms with Crippen molar-refractivity contribution in [2.75, 3.05) is 0 Å². The zero-order valence-corrected chi connectivity index (χ0v) is 9.93. The summed E-state index contributed by atoms with van der Waals surface area (Å²) in [6, 6.07) is 9.36. The number of benzene rings is 1. The summed E-state index contributed by atoms with van der Waals surface area (Å²) in [4.78, 5) is 0. The van der Waals surface area contributed by atoms with Gasteiger partial charge in [0.15, 0.2) is 0 Å². The zero-order valence-electron chi connectivity index (χ0n) is 8.34. The lowest BCUT2D eigenvalue weighted by molar-refractivity contribution is -0.604. The molecule has 0 fully saturated rings. The van der Waals surface area contributed by atoms with Crippen LogP contribution in [-0.2, 0) is 5.41 Å². The van der Waals surface area contributed by atoms with Crippen LogP contribution in [0.3, 0.4) is 0 Å². The van der Waals surface area contributed by atoms with E-state index in [1.54, 1.807) is 0 Å². The van der Waals surface area contributed by atoms with Crippen LogP contribution in [0.5, 0.6) is 0 Å². The fourth-order valence-electron chi connectivity index (χ4n) is 1.95. The normalized spacial score (nSPS) is 23.5. The minimum absolute atomic E-state index is 0. The lowest BCUT2D eigenvalue weighted by atomic mass is 9.81. The number of halogens is 1. The molecule has 0 aliphatic carbocycles. The van der Waals surface area contributed by atoms with E-state index >= 15 is 0 Å². The fraction of sp³-hybridized carbons (Fsp3) is 0.455. The van der Waals surface area contributed by atoms with Gasteiger partial charge in [0.2, 0.25) is 0 Å². The molecule has 13 heavy (non-hydrogen) atoms. The molecule has 0 spiro atoms. The molecule has 1 unspecified atom stereocenters. The van der Waals surface area contributed by atoms with Gasteiger partial charge in [0.05, 0.1) is 6.04 Å². The molecule has 0 saturated heterocycles. The molecule has 1 aliphatic heterocycles. The predicted octanol–water partition coefficient (Wildman–Crippen LogP) is -1.43. The summed E-state index contributed by atoms with van der Waals surface area (Å²) in [5.74, 6) is 0. The van der Waals surface area contributed by atoms with Gasteiger partial charge in [-0.05, 0) is 26.8 Å². The van der Waals surface area contributed by atoms with Gasteiger partial charge in [-0.25, -0.2) is 0 Å². The Labute approximate surface area is 90.3 Å². The van der Waals surface area contributed by atoms with Crippen LogP contribution in [0.25, 0.3) is 0 Å². The first-order chi connectivity index (χ1) is 5.62. The van der Waals surface area contributed by atoms with E-state index in [4.69, 9.17) is 0 Å². The molecule has 0 amide bonds. The van der Waals surface area contributed by atoms with Crippen molar-refractivity contribution in [1.82, 2.24) is 0 Å². The second kappa shape index (κ2) is 3.43. The third kappa shape index (κ3) is 1.53. The molecule has 72 valence electrons. The van der Waals surface area contributed by atoms with E-state index < -0.39 is 0 Å². The van der Waals surface area contributed by atoms with E-state index in [0.717, 1.165) is 0 Å². The van der Waals surface area contributed by atoms with Crippen molar-refractivity contribution in [2.45, 2.75) is 32.2 Å². The predicted molar refractivity (Wildman–Crippen MR) is 50.5 cm³/mol. The molecular weight excluding hydrogens is 226 g/mol. The summed E-state index contributed by atoms with van der Waals surface area (Å²) < 4.78 is 0. The second-order valence-corrected chi connectivity index (χ2v) is 4.26. The zero-order chi connectivity index (χ0) is 8.77. The van der Waals surface area contributed by atoms with Crippen molar-refractivity contribution in [1.29, 1.82) is 0 Å². The summed E-state index contributed by atoms with van der Waals surface area (Å²) in [6.07, 6.45) is 0. The molecule has 1 aromatic carbocycles. The Bertz CT molecular complexity index is 307. The quantitative estimate of drug-likeness (QED) is 0.537. The van der Waals surface area contributed by atoms with Crippen LogP contribution < -0.4 is 22.3 Å². The minimum Gasteiger partial charge on any atom is -1.00 e. The second-order valence-electron chi connectivity index (χ2n) is 4.26. The van der Waals surface area contributed by atoms with Crippen LogP contribution in [-0.4, -0.2) is 6.04 Å². The Morgan fingerprint density at radius 2 is 1.85 bits per heavy atom. The Morgan fingerprint density at radius 1 is 1.23 bits per heavy atom. The van der Waals surface area contributed by atoms with Crippen molar-refractivity contribution in [3.63, 3.8) is 0 Å². The molecule has 2 N–H and O–H groups in total. The number of quaternary nitrogens is 1. The molecule has 1 aliphatic rings. The number of hydrogen-bond acceptors (Lipinski definition) is 0. The van der Waals surface area contributed by atoms with Gasteiger partial charge in [-0.2, -0.15) is 0 Å². The van der Waals surface area contributed by atoms with Gasteiger partial charge in [-0.15, -0.1) is 0 Å². The average Bonchev–Trinajstić information content (AvgIpc) is 2.25. The van der Waals surface area contributed by atoms with Gasteiger partial charge in [0.25, 0.3) is 0 Å². The van der Waals surface area contributed by atoms with E-state index in [9.17, 15) is 0 Å². The minimum atomic E-state index is 0. The Kier molecular flexibility index (Phi) is 2.83. The number of fused-ring (bicyclic) bond motifs is 1. The van der Waals surface area contributed by atoms with Crippen LogP contribution >= 0.6 is 0 Å². The lowest BCUT2D eigenvalue weighted by Crippen LogP contribution is -3.00. The molecule has 0 bridgehead atoms. The fourth-order valence-corrected chi connectivity index (χ4v) is 1.95. The molecule has 2 heteroatoms. The molecule has 1 nitrogen and oxygen atoms in total. The highest BCUT2D eigenvalue weighted by molar-refractivity contribution is 5.47. The summed E-state index contributed by atoms with van der Waals surface area (Å²) in [5, 5.41) is 2.37. The highest BCUT2D eigenvalue weighted by Gasteiger charge is 2.40. The van der Waals surface area contributed by atoms with Crippen LogP contribution in [0.15, 0.2) is 24.3 Å². The maximum absolute atomic E-state index is 2.37. The summed E-state index contributed by atoms with van der Waals surface area (Å²) in [6.45, 7) is 6.93. The van der Waals surface area contributed by atoms with Gasteiger partial charge in [-0.3, -0.25) is 0 Å². The molecule has 1 aromatic rings. The van der Waals surface area contributed by atoms with E-state index in [1.807, 2.05) is 0 Å². The maximum Gasteiger partial charge on any atom is 0.133 e. The number of hydrogen-bond donors (Lipinski definition) is 1. The van der Waals surface area contributed by atoms with Crippen molar-refractivity contribution < 1.29 is 22.3 Å². The smallest absolute Gasteiger partial charge is 0.133 e. The van der Waals surface area contributed by atoms with Crippen molar-refractivity contribution in [3.8, 4) is 0 Å². The first-order valence-electron chi connectivity index (χ1n) is 4.57. The van der Waals surface area contributed by atoms with Crippen molar-refractivity contribution in [2.24, 2.45) is 0 Å². The van der Waals surface area contributed by atoms with Crippen molar-refractivity contribution >= 4 is 5.69 Å². The van der Waals surface area contributed by atoms with E-state index in [-0.39, 0.29) is 17.0 Å². The van der Waals surface area contributed by atoms with Crippen LogP contribution in [0.4, 0.5) is 5.69 Å². The summed E-state index contributed by atoms with van der Waals surface area (Å²) in [7, 11) is 0. The largest absolute Gasteiger partial charge is 1.00 e. The molecule has 2 rings (SSSR count). The number of para-hydroxylation sites is 1. The topological polar surface area (TPSA) is 16.6 Å². The van der Waals surface area contributed by atoms with Gasteiger partial charge < -0.3 is 22.3 Å². The SMILES string of the molecule is CC1[NH2+]c2ccccc2C1(C)C.[Br-]. The first-order valence-corrected chi connectivity index (χ1v) is 4.57. The first kappa shape index (κ1) is 10.7. The molecule has 1 atom stereocenters. The van der Waals surface area contributed by atoms with Crippen LogP contribution in [0, 0.1) is 0 Å². The molecule has 0 aromatic heterocycles. The number of nitrogens with two attached hydrogens (primary N) is 1. The highest BCUT2D eigenvalue weighted by Crippen LogP contribution is 2.33. The van der Waals surface area contributed by atoms with E-state index in [1.165, 1.54) is 11.3 Å². The highest BCUT2D eigenvalue weighted by atomic mass is 79.9. The Balaban J connectivity index is 0.000000845. The standard InChI is InChI=1S/C11H15N.BrH/c1-8-11(2,3)9-6-4-5-7-10(9)12-8;/h4-8,12H,1-3H3;1H. The van der Waals surface area contributed by atoms with E-state index in [0.29, 0.717) is 11.5 Å². The van der Waals surface area contributed by atoms with Gasteiger partial charge in [-0.1, -0.05) is 18.2 Å². The Morgan fingerprint density at radius 3 is 2.46 bits per heavy atom. The maximum atomic E-state index is 2.37. The summed E-state index contributed by atoms with van der Waals surface area (Å²) in [5.41, 5.74) is 3.25. The lowest BCUT2D eigenvalue weighted by Gasteiger charge is -2.19. The van der Waals surface area contributed by atoms with E-state index in [2.05, 4.69) is 50.4 Å². The molecule has 1 heterocycles. The summed E-state index contributed by atoms with van der Waals surface area (Å²) >= 11 is 0. The molecule has 0 saturated carbocycles. The molecular formula is C11H16BrN. The van der Waals surface area contributed by atoms with Crippen LogP contribution in [0.1, 0.15) is 26.3 Å². The molecule has 0 radical (unpaired) electrons.